The monoisotopic (exact) mass is 404 g/mol. The number of furan rings is 1. The third kappa shape index (κ3) is 4.08. The molecule has 0 unspecified atom stereocenters. The minimum Gasteiger partial charge on any atom is -0.497 e. The average Bonchev–Trinajstić information content (AvgIpc) is 3.44. The predicted molar refractivity (Wildman–Crippen MR) is 114 cm³/mol. The fraction of sp³-hybridized carbons (Fsp3) is 0.250. The van der Waals surface area contributed by atoms with E-state index in [0.29, 0.717) is 17.9 Å². The van der Waals surface area contributed by atoms with Gasteiger partial charge in [-0.3, -0.25) is 4.79 Å². The number of hydrazone groups is 1. The molecule has 1 aliphatic heterocycles. The Bertz CT molecular complexity index is 1060. The molecule has 0 saturated carbocycles. The lowest BCUT2D eigenvalue weighted by atomic mass is 10.0. The fourth-order valence-electron chi connectivity index (χ4n) is 3.42. The zero-order valence-electron chi connectivity index (χ0n) is 17.3. The lowest BCUT2D eigenvalue weighted by Crippen LogP contribution is -2.31. The van der Waals surface area contributed by atoms with Gasteiger partial charge in [0.2, 0.25) is 0 Å². The molecule has 0 bridgehead atoms. The molecule has 1 aromatic heterocycles. The van der Waals surface area contributed by atoms with Crippen LogP contribution in [-0.4, -0.2) is 30.3 Å². The van der Waals surface area contributed by atoms with Gasteiger partial charge >= 0.3 is 0 Å². The summed E-state index contributed by atoms with van der Waals surface area (Å²) in [5.74, 6) is 1.91. The van der Waals surface area contributed by atoms with Crippen molar-refractivity contribution in [2.24, 2.45) is 5.10 Å². The topological polar surface area (TPSA) is 64.3 Å². The summed E-state index contributed by atoms with van der Waals surface area (Å²) in [4.78, 5) is 13.0. The van der Waals surface area contributed by atoms with Crippen molar-refractivity contribution in [1.82, 2.24) is 5.01 Å². The molecule has 0 saturated heterocycles. The van der Waals surface area contributed by atoms with Gasteiger partial charge in [0.05, 0.1) is 19.1 Å². The van der Waals surface area contributed by atoms with Gasteiger partial charge in [0.1, 0.15) is 23.3 Å². The van der Waals surface area contributed by atoms with Crippen LogP contribution in [0.4, 0.5) is 0 Å². The number of ether oxygens (including phenoxy) is 2. The number of benzene rings is 2. The van der Waals surface area contributed by atoms with Crippen LogP contribution in [0, 0.1) is 13.8 Å². The van der Waals surface area contributed by atoms with Crippen LogP contribution in [0.15, 0.2) is 70.4 Å². The first-order valence-corrected chi connectivity index (χ1v) is 9.82. The quantitative estimate of drug-likeness (QED) is 0.599. The molecule has 0 N–H and O–H groups in total. The van der Waals surface area contributed by atoms with Crippen molar-refractivity contribution in [1.29, 1.82) is 0 Å². The lowest BCUT2D eigenvalue weighted by Gasteiger charge is -2.20. The number of rotatable bonds is 6. The highest BCUT2D eigenvalue weighted by molar-refractivity contribution is 6.03. The van der Waals surface area contributed by atoms with E-state index in [2.05, 4.69) is 5.10 Å². The number of nitrogens with zero attached hydrogens (tertiary/aromatic N) is 2. The van der Waals surface area contributed by atoms with Crippen molar-refractivity contribution >= 4 is 11.6 Å². The number of amides is 1. The summed E-state index contributed by atoms with van der Waals surface area (Å²) in [5.41, 5.74) is 4.06. The number of methoxy groups -OCH3 is 1. The third-order valence-corrected chi connectivity index (χ3v) is 5.30. The molecule has 0 radical (unpaired) electrons. The fourth-order valence-corrected chi connectivity index (χ4v) is 3.42. The van der Waals surface area contributed by atoms with Crippen molar-refractivity contribution in [3.63, 3.8) is 0 Å². The van der Waals surface area contributed by atoms with Crippen LogP contribution < -0.4 is 9.47 Å². The number of hydrogen-bond acceptors (Lipinski definition) is 5. The van der Waals surface area contributed by atoms with Crippen molar-refractivity contribution in [2.45, 2.75) is 26.3 Å². The highest BCUT2D eigenvalue weighted by Crippen LogP contribution is 2.33. The number of carbonyl (C=O) groups is 1. The van der Waals surface area contributed by atoms with Gasteiger partial charge in [-0.25, -0.2) is 5.01 Å². The predicted octanol–water partition coefficient (Wildman–Crippen LogP) is 4.66. The Balaban J connectivity index is 1.54. The molecule has 3 aromatic rings. The van der Waals surface area contributed by atoms with Crippen molar-refractivity contribution in [3.05, 3.63) is 83.3 Å². The molecule has 6 nitrogen and oxygen atoms in total. The van der Waals surface area contributed by atoms with Crippen molar-refractivity contribution < 1.29 is 18.7 Å². The zero-order valence-corrected chi connectivity index (χ0v) is 17.3. The van der Waals surface area contributed by atoms with Gasteiger partial charge in [-0.2, -0.15) is 5.10 Å². The van der Waals surface area contributed by atoms with E-state index in [1.165, 1.54) is 10.6 Å². The molecule has 6 heteroatoms. The van der Waals surface area contributed by atoms with Gasteiger partial charge in [0.25, 0.3) is 5.91 Å². The third-order valence-electron chi connectivity index (χ3n) is 5.30. The van der Waals surface area contributed by atoms with Gasteiger partial charge in [-0.15, -0.1) is 0 Å². The SMILES string of the molecule is COc1ccc(C2=NN(C(=O)COc3ccc(C)c(C)c3)[C@H](c3ccco3)C2)cc1. The molecule has 4 rings (SSSR count). The molecule has 1 atom stereocenters. The summed E-state index contributed by atoms with van der Waals surface area (Å²) >= 11 is 0. The molecule has 0 spiro atoms. The maximum Gasteiger partial charge on any atom is 0.281 e. The Kier molecular flexibility index (Phi) is 5.57. The molecule has 0 fully saturated rings. The minimum atomic E-state index is -0.298. The summed E-state index contributed by atoms with van der Waals surface area (Å²) in [5, 5.41) is 6.09. The largest absolute Gasteiger partial charge is 0.497 e. The summed E-state index contributed by atoms with van der Waals surface area (Å²) in [7, 11) is 1.63. The van der Waals surface area contributed by atoms with Gasteiger partial charge < -0.3 is 13.9 Å². The maximum absolute atomic E-state index is 13.0. The molecular weight excluding hydrogens is 380 g/mol. The summed E-state index contributed by atoms with van der Waals surface area (Å²) in [6.45, 7) is 3.96. The maximum atomic E-state index is 13.0. The van der Waals surface area contributed by atoms with E-state index in [1.54, 1.807) is 13.4 Å². The normalized spacial score (nSPS) is 15.8. The Hall–Kier alpha value is -3.54. The summed E-state index contributed by atoms with van der Waals surface area (Å²) < 4.78 is 16.6. The van der Waals surface area contributed by atoms with Crippen molar-refractivity contribution in [3.8, 4) is 11.5 Å². The van der Waals surface area contributed by atoms with E-state index in [-0.39, 0.29) is 18.6 Å². The van der Waals surface area contributed by atoms with Gasteiger partial charge in [-0.05, 0) is 79.1 Å². The number of carbonyl (C=O) groups excluding carboxylic acids is 1. The second-order valence-corrected chi connectivity index (χ2v) is 7.28. The Labute approximate surface area is 175 Å². The molecule has 0 aliphatic carbocycles. The van der Waals surface area contributed by atoms with E-state index in [4.69, 9.17) is 13.9 Å². The molecule has 1 aliphatic rings. The van der Waals surface area contributed by atoms with Crippen LogP contribution in [0.2, 0.25) is 0 Å². The van der Waals surface area contributed by atoms with Crippen molar-refractivity contribution in [2.75, 3.05) is 13.7 Å². The number of hydrogen-bond donors (Lipinski definition) is 0. The second kappa shape index (κ2) is 8.45. The van der Waals surface area contributed by atoms with Crippen LogP contribution >= 0.6 is 0 Å². The van der Waals surface area contributed by atoms with Gasteiger partial charge in [0.15, 0.2) is 6.61 Å². The highest BCUT2D eigenvalue weighted by Gasteiger charge is 2.35. The Morgan fingerprint density at radius 3 is 2.53 bits per heavy atom. The van der Waals surface area contributed by atoms with Crippen LogP contribution in [-0.2, 0) is 4.79 Å². The van der Waals surface area contributed by atoms with Gasteiger partial charge in [0, 0.05) is 6.42 Å². The van der Waals surface area contributed by atoms with E-state index in [9.17, 15) is 4.79 Å². The Morgan fingerprint density at radius 2 is 1.87 bits per heavy atom. The first-order chi connectivity index (χ1) is 14.5. The van der Waals surface area contributed by atoms with E-state index in [1.807, 2.05) is 68.4 Å². The standard InChI is InChI=1S/C24H24N2O4/c1-16-6-9-20(13-17(16)2)30-15-24(27)26-22(23-5-4-12-29-23)14-21(25-26)18-7-10-19(28-3)11-8-18/h4-13,22H,14-15H2,1-3H3/t22-/m0/s1. The smallest absolute Gasteiger partial charge is 0.281 e. The van der Waals surface area contributed by atoms with E-state index < -0.39 is 0 Å². The van der Waals surface area contributed by atoms with Crippen LogP contribution in [0.5, 0.6) is 11.5 Å². The van der Waals surface area contributed by atoms with Crippen LogP contribution in [0.1, 0.15) is 34.9 Å². The summed E-state index contributed by atoms with van der Waals surface area (Å²) in [6.07, 6.45) is 2.17. The van der Waals surface area contributed by atoms with Crippen LogP contribution in [0.25, 0.3) is 0 Å². The molecule has 2 heterocycles. The minimum absolute atomic E-state index is 0.0981. The van der Waals surface area contributed by atoms with Gasteiger partial charge in [-0.1, -0.05) is 6.07 Å². The molecule has 30 heavy (non-hydrogen) atoms. The molecule has 1 amide bonds. The first-order valence-electron chi connectivity index (χ1n) is 9.82. The Morgan fingerprint density at radius 1 is 1.10 bits per heavy atom. The first kappa shape index (κ1) is 19.8. The molecule has 154 valence electrons. The summed E-state index contributed by atoms with van der Waals surface area (Å²) in [6, 6.07) is 16.8. The molecule has 2 aromatic carbocycles. The highest BCUT2D eigenvalue weighted by atomic mass is 16.5. The molecular formula is C24H24N2O4. The zero-order chi connectivity index (χ0) is 21.1. The van der Waals surface area contributed by atoms with Crippen LogP contribution in [0.3, 0.4) is 0 Å². The van der Waals surface area contributed by atoms with E-state index >= 15 is 0 Å². The van der Waals surface area contributed by atoms with E-state index in [0.717, 1.165) is 22.6 Å². The second-order valence-electron chi connectivity index (χ2n) is 7.28. The average molecular weight is 404 g/mol. The number of aryl methyl sites for hydroxylation is 2. The lowest BCUT2D eigenvalue weighted by molar-refractivity contribution is -0.135.